The van der Waals surface area contributed by atoms with Crippen LogP contribution in [0.5, 0.6) is 0 Å². The van der Waals surface area contributed by atoms with Crippen LogP contribution in [0.25, 0.3) is 0 Å². The number of fused-ring (bicyclic) bond motifs is 1. The smallest absolute Gasteiger partial charge is 0.123 e. The molecule has 2 nitrogen and oxygen atoms in total. The Morgan fingerprint density at radius 2 is 2.24 bits per heavy atom. The van der Waals surface area contributed by atoms with Crippen molar-refractivity contribution in [1.82, 2.24) is 5.43 Å². The van der Waals surface area contributed by atoms with Crippen molar-refractivity contribution < 1.29 is 4.39 Å². The van der Waals surface area contributed by atoms with Crippen LogP contribution in [0.2, 0.25) is 0 Å². The van der Waals surface area contributed by atoms with Crippen LogP contribution < -0.4 is 11.3 Å². The molecule has 0 amide bonds. The number of nitrogens with two attached hydrogens (primary N) is 1. The van der Waals surface area contributed by atoms with Crippen molar-refractivity contribution >= 4 is 39.0 Å². The zero-order chi connectivity index (χ0) is 14.8. The molecule has 21 heavy (non-hydrogen) atoms. The van der Waals surface area contributed by atoms with E-state index in [1.807, 2.05) is 23.1 Å². The topological polar surface area (TPSA) is 38.0 Å². The van der Waals surface area contributed by atoms with E-state index in [0.717, 1.165) is 22.2 Å². The molecular formula is C15H16BrFN2S2. The average molecular weight is 387 g/mol. The van der Waals surface area contributed by atoms with Crippen LogP contribution in [0.15, 0.2) is 28.7 Å². The summed E-state index contributed by atoms with van der Waals surface area (Å²) in [5, 5.41) is 0. The normalized spacial score (nSPS) is 15.8. The van der Waals surface area contributed by atoms with Gasteiger partial charge in [0.15, 0.2) is 0 Å². The number of benzene rings is 1. The van der Waals surface area contributed by atoms with Gasteiger partial charge in [-0.15, -0.1) is 11.3 Å². The van der Waals surface area contributed by atoms with Gasteiger partial charge in [0.1, 0.15) is 5.82 Å². The highest BCUT2D eigenvalue weighted by Gasteiger charge is 2.20. The predicted octanol–water partition coefficient (Wildman–Crippen LogP) is 4.19. The van der Waals surface area contributed by atoms with Crippen LogP contribution in [0.4, 0.5) is 4.39 Å². The maximum Gasteiger partial charge on any atom is 0.123 e. The SMILES string of the molecule is NNC(Cc1cc(F)ccc1Br)c1cc2c(s1)CCSC2. The van der Waals surface area contributed by atoms with E-state index in [-0.39, 0.29) is 11.9 Å². The highest BCUT2D eigenvalue weighted by atomic mass is 79.9. The number of nitrogens with one attached hydrogen (secondary N) is 1. The molecule has 3 rings (SSSR count). The van der Waals surface area contributed by atoms with Gasteiger partial charge in [-0.2, -0.15) is 11.8 Å². The molecule has 0 saturated heterocycles. The third-order valence-corrected chi connectivity index (χ3v) is 6.76. The second-order valence-electron chi connectivity index (χ2n) is 5.06. The molecule has 1 aliphatic heterocycles. The van der Waals surface area contributed by atoms with Gasteiger partial charge in [0.2, 0.25) is 0 Å². The van der Waals surface area contributed by atoms with Crippen LogP contribution in [0.3, 0.4) is 0 Å². The van der Waals surface area contributed by atoms with Crippen molar-refractivity contribution in [2.45, 2.75) is 24.6 Å². The van der Waals surface area contributed by atoms with Crippen molar-refractivity contribution in [2.75, 3.05) is 5.75 Å². The first-order valence-electron chi connectivity index (χ1n) is 6.76. The van der Waals surface area contributed by atoms with Crippen LogP contribution in [0, 0.1) is 5.82 Å². The number of hydrogen-bond acceptors (Lipinski definition) is 4. The molecule has 0 spiro atoms. The number of aryl methyl sites for hydroxylation is 1. The summed E-state index contributed by atoms with van der Waals surface area (Å²) < 4.78 is 14.3. The fourth-order valence-electron chi connectivity index (χ4n) is 2.50. The molecule has 2 heterocycles. The fraction of sp³-hybridized carbons (Fsp3) is 0.333. The Morgan fingerprint density at radius 1 is 1.38 bits per heavy atom. The van der Waals surface area contributed by atoms with Gasteiger partial charge in [0.05, 0.1) is 6.04 Å². The van der Waals surface area contributed by atoms with Gasteiger partial charge in [0.25, 0.3) is 0 Å². The molecular weight excluding hydrogens is 371 g/mol. The van der Waals surface area contributed by atoms with E-state index in [2.05, 4.69) is 27.4 Å². The van der Waals surface area contributed by atoms with E-state index < -0.39 is 0 Å². The van der Waals surface area contributed by atoms with E-state index in [0.29, 0.717) is 6.42 Å². The largest absolute Gasteiger partial charge is 0.271 e. The summed E-state index contributed by atoms with van der Waals surface area (Å²) in [6.45, 7) is 0. The standard InChI is InChI=1S/C15H16BrFN2S2/c16-12-2-1-11(17)5-9(12)6-13(19-18)15-7-10-8-20-4-3-14(10)21-15/h1-2,5,7,13,19H,3-4,6,8,18H2. The highest BCUT2D eigenvalue weighted by Crippen LogP contribution is 2.35. The summed E-state index contributed by atoms with van der Waals surface area (Å²) in [5.74, 6) is 7.81. The minimum atomic E-state index is -0.217. The van der Waals surface area contributed by atoms with E-state index >= 15 is 0 Å². The van der Waals surface area contributed by atoms with Crippen LogP contribution in [-0.2, 0) is 18.6 Å². The van der Waals surface area contributed by atoms with Gasteiger partial charge < -0.3 is 0 Å². The van der Waals surface area contributed by atoms with Gasteiger partial charge in [-0.05, 0) is 54.0 Å². The second-order valence-corrected chi connectivity index (χ2v) is 8.19. The van der Waals surface area contributed by atoms with Gasteiger partial charge in [-0.25, -0.2) is 4.39 Å². The van der Waals surface area contributed by atoms with Gasteiger partial charge >= 0.3 is 0 Å². The highest BCUT2D eigenvalue weighted by molar-refractivity contribution is 9.10. The molecule has 0 bridgehead atoms. The third-order valence-electron chi connectivity index (χ3n) is 3.62. The molecule has 2 aromatic rings. The lowest BCUT2D eigenvalue weighted by Crippen LogP contribution is -2.29. The maximum atomic E-state index is 13.4. The Morgan fingerprint density at radius 3 is 3.00 bits per heavy atom. The van der Waals surface area contributed by atoms with Crippen LogP contribution in [0.1, 0.15) is 26.9 Å². The average Bonchev–Trinajstić information content (AvgIpc) is 2.91. The zero-order valence-electron chi connectivity index (χ0n) is 11.4. The monoisotopic (exact) mass is 386 g/mol. The number of rotatable bonds is 4. The van der Waals surface area contributed by atoms with E-state index in [1.165, 1.54) is 27.1 Å². The Labute approximate surface area is 140 Å². The molecule has 1 aromatic carbocycles. The first-order chi connectivity index (χ1) is 10.2. The lowest BCUT2D eigenvalue weighted by atomic mass is 10.0. The van der Waals surface area contributed by atoms with Gasteiger partial charge in [-0.1, -0.05) is 15.9 Å². The molecule has 3 N–H and O–H groups in total. The maximum absolute atomic E-state index is 13.4. The van der Waals surface area contributed by atoms with Crippen LogP contribution in [-0.4, -0.2) is 5.75 Å². The Bertz CT molecular complexity index is 621. The number of thioether (sulfide) groups is 1. The minimum Gasteiger partial charge on any atom is -0.271 e. The quantitative estimate of drug-likeness (QED) is 0.611. The van der Waals surface area contributed by atoms with Crippen LogP contribution >= 0.6 is 39.0 Å². The Balaban J connectivity index is 1.84. The molecule has 1 aliphatic rings. The summed E-state index contributed by atoms with van der Waals surface area (Å²) in [7, 11) is 0. The first-order valence-corrected chi connectivity index (χ1v) is 9.53. The summed E-state index contributed by atoms with van der Waals surface area (Å²) in [4.78, 5) is 2.71. The second kappa shape index (κ2) is 6.79. The van der Waals surface area contributed by atoms with E-state index in [1.54, 1.807) is 12.1 Å². The third kappa shape index (κ3) is 3.51. The minimum absolute atomic E-state index is 0.0173. The molecule has 112 valence electrons. The molecule has 0 fully saturated rings. The lowest BCUT2D eigenvalue weighted by Gasteiger charge is -2.15. The number of hydrazine groups is 1. The summed E-state index contributed by atoms with van der Waals surface area (Å²) in [6.07, 6.45) is 1.81. The molecule has 0 saturated carbocycles. The summed E-state index contributed by atoms with van der Waals surface area (Å²) in [6, 6.07) is 7.04. The molecule has 1 atom stereocenters. The Kier molecular flexibility index (Phi) is 5.01. The fourth-order valence-corrected chi connectivity index (χ4v) is 5.35. The number of halogens is 2. The van der Waals surface area contributed by atoms with Crippen molar-refractivity contribution in [1.29, 1.82) is 0 Å². The van der Waals surface area contributed by atoms with E-state index in [9.17, 15) is 4.39 Å². The molecule has 1 aromatic heterocycles. The molecule has 0 aliphatic carbocycles. The summed E-state index contributed by atoms with van der Waals surface area (Å²) >= 11 is 7.29. The number of hydrogen-bond donors (Lipinski definition) is 2. The Hall–Kier alpha value is -0.400. The van der Waals surface area contributed by atoms with Gasteiger partial charge in [-0.3, -0.25) is 11.3 Å². The number of thiophene rings is 1. The lowest BCUT2D eigenvalue weighted by molar-refractivity contribution is 0.555. The van der Waals surface area contributed by atoms with Crippen molar-refractivity contribution in [3.63, 3.8) is 0 Å². The first kappa shape index (κ1) is 15.5. The molecule has 0 radical (unpaired) electrons. The van der Waals surface area contributed by atoms with E-state index in [4.69, 9.17) is 5.84 Å². The summed E-state index contributed by atoms with van der Waals surface area (Å²) in [5.41, 5.74) is 5.25. The van der Waals surface area contributed by atoms with Crippen molar-refractivity contribution in [3.8, 4) is 0 Å². The molecule has 6 heteroatoms. The zero-order valence-corrected chi connectivity index (χ0v) is 14.6. The van der Waals surface area contributed by atoms with Gasteiger partial charge in [0, 0.05) is 20.0 Å². The molecule has 1 unspecified atom stereocenters. The van der Waals surface area contributed by atoms with Crippen molar-refractivity contribution in [3.05, 3.63) is 55.4 Å². The van der Waals surface area contributed by atoms with Crippen molar-refractivity contribution in [2.24, 2.45) is 5.84 Å². The predicted molar refractivity (Wildman–Crippen MR) is 92.1 cm³/mol.